The molecule has 0 aromatic heterocycles. The molecule has 0 rings (SSSR count). The van der Waals surface area contributed by atoms with Gasteiger partial charge in [0.25, 0.3) is 6.29 Å². The molecule has 0 aliphatic rings. The van der Waals surface area contributed by atoms with Crippen molar-refractivity contribution in [1.29, 1.82) is 0 Å². The fourth-order valence-electron chi connectivity index (χ4n) is 8.72. The fraction of sp³-hybridized carbons (Fsp3) is 0.915. The summed E-state index contributed by atoms with van der Waals surface area (Å²) < 4.78 is 22.9. The summed E-state index contributed by atoms with van der Waals surface area (Å²) in [5.41, 5.74) is 0. The van der Waals surface area contributed by atoms with Crippen LogP contribution < -0.4 is 0 Å². The molecule has 2 unspecified atom stereocenters. The van der Waals surface area contributed by atoms with Crippen molar-refractivity contribution in [2.75, 3.05) is 47.5 Å². The lowest BCUT2D eigenvalue weighted by Crippen LogP contribution is -2.40. The molecule has 0 saturated carbocycles. The molecule has 0 amide bonds. The van der Waals surface area contributed by atoms with E-state index in [-0.39, 0.29) is 32.2 Å². The molecular weight excluding hydrogens is 851 g/mol. The summed E-state index contributed by atoms with van der Waals surface area (Å²) in [5, 5.41) is 9.69. The van der Waals surface area contributed by atoms with Gasteiger partial charge >= 0.3 is 17.9 Å². The van der Waals surface area contributed by atoms with E-state index in [0.29, 0.717) is 17.4 Å². The highest BCUT2D eigenvalue weighted by molar-refractivity contribution is 5.71. The number of carboxylic acids is 1. The number of carbonyl (C=O) groups excluding carboxylic acids is 2. The number of carbonyl (C=O) groups is 3. The second kappa shape index (κ2) is 51.4. The van der Waals surface area contributed by atoms with Crippen molar-refractivity contribution in [2.45, 2.75) is 302 Å². The van der Waals surface area contributed by atoms with Crippen LogP contribution in [0.1, 0.15) is 290 Å². The van der Waals surface area contributed by atoms with Gasteiger partial charge in [0.1, 0.15) is 13.2 Å². The molecule has 2 atom stereocenters. The molecule has 0 bridgehead atoms. The van der Waals surface area contributed by atoms with E-state index in [4.69, 9.17) is 18.9 Å². The maximum Gasteiger partial charge on any atom is 0.361 e. The molecule has 9 nitrogen and oxygen atoms in total. The molecule has 68 heavy (non-hydrogen) atoms. The fourth-order valence-corrected chi connectivity index (χ4v) is 8.72. The Morgan fingerprint density at radius 2 is 0.750 bits per heavy atom. The molecule has 0 radical (unpaired) electrons. The Balaban J connectivity index is 4.17. The van der Waals surface area contributed by atoms with Gasteiger partial charge in [-0.25, -0.2) is 4.79 Å². The minimum atomic E-state index is -1.51. The average molecular weight is 966 g/mol. The highest BCUT2D eigenvalue weighted by atomic mass is 16.7. The smallest absolute Gasteiger partial charge is 0.361 e. The number of allylic oxidation sites excluding steroid dienone is 2. The van der Waals surface area contributed by atoms with Crippen LogP contribution in [0.15, 0.2) is 12.2 Å². The summed E-state index contributed by atoms with van der Waals surface area (Å²) in [7, 11) is 5.98. The van der Waals surface area contributed by atoms with Crippen molar-refractivity contribution in [2.24, 2.45) is 0 Å². The first-order valence-electron chi connectivity index (χ1n) is 29.4. The van der Waals surface area contributed by atoms with Crippen LogP contribution >= 0.6 is 0 Å². The number of hydrogen-bond donors (Lipinski definition) is 1. The lowest BCUT2D eigenvalue weighted by Gasteiger charge is -2.25. The molecule has 0 heterocycles. The van der Waals surface area contributed by atoms with Crippen molar-refractivity contribution < 1.29 is 42.9 Å². The van der Waals surface area contributed by atoms with Crippen LogP contribution in [0.2, 0.25) is 0 Å². The monoisotopic (exact) mass is 965 g/mol. The van der Waals surface area contributed by atoms with Gasteiger partial charge in [-0.2, -0.15) is 0 Å². The number of hydrogen-bond acceptors (Lipinski definition) is 7. The number of likely N-dealkylation sites (N-methyl/N-ethyl adjacent to an activating group) is 1. The van der Waals surface area contributed by atoms with E-state index in [2.05, 4.69) is 26.0 Å². The summed E-state index contributed by atoms with van der Waals surface area (Å²) in [6.07, 6.45) is 55.8. The third-order valence-electron chi connectivity index (χ3n) is 13.3. The van der Waals surface area contributed by atoms with E-state index in [9.17, 15) is 19.5 Å². The van der Waals surface area contributed by atoms with Crippen LogP contribution in [0.5, 0.6) is 0 Å². The number of rotatable bonds is 55. The molecule has 0 saturated heterocycles. The number of ether oxygens (including phenoxy) is 4. The van der Waals surface area contributed by atoms with Crippen molar-refractivity contribution in [3.63, 3.8) is 0 Å². The van der Waals surface area contributed by atoms with Crippen LogP contribution in [-0.4, -0.2) is 87.4 Å². The summed E-state index contributed by atoms with van der Waals surface area (Å²) in [6, 6.07) is 0. The molecule has 0 aromatic rings. The largest absolute Gasteiger partial charge is 0.477 e. The quantitative estimate of drug-likeness (QED) is 0.0211. The third kappa shape index (κ3) is 51.9. The van der Waals surface area contributed by atoms with Gasteiger partial charge in [-0.15, -0.1) is 0 Å². The molecule has 0 spiro atoms. The normalized spacial score (nSPS) is 12.8. The van der Waals surface area contributed by atoms with Gasteiger partial charge < -0.3 is 28.5 Å². The van der Waals surface area contributed by atoms with Crippen molar-refractivity contribution in [1.82, 2.24) is 0 Å². The van der Waals surface area contributed by atoms with E-state index in [1.807, 2.05) is 21.1 Å². The van der Waals surface area contributed by atoms with Gasteiger partial charge in [0, 0.05) is 12.8 Å². The van der Waals surface area contributed by atoms with Gasteiger partial charge in [0.15, 0.2) is 6.10 Å². The highest BCUT2D eigenvalue weighted by Crippen LogP contribution is 2.17. The lowest BCUT2D eigenvalue weighted by atomic mass is 10.0. The van der Waals surface area contributed by atoms with E-state index in [1.54, 1.807) is 0 Å². The minimum absolute atomic E-state index is 0.177. The van der Waals surface area contributed by atoms with Crippen molar-refractivity contribution in [3.8, 4) is 0 Å². The van der Waals surface area contributed by atoms with E-state index >= 15 is 0 Å². The minimum Gasteiger partial charge on any atom is -0.477 e. The summed E-state index contributed by atoms with van der Waals surface area (Å²) >= 11 is 0. The van der Waals surface area contributed by atoms with Crippen LogP contribution in [0.3, 0.4) is 0 Å². The Morgan fingerprint density at radius 1 is 0.426 bits per heavy atom. The van der Waals surface area contributed by atoms with Gasteiger partial charge in [-0.1, -0.05) is 251 Å². The first kappa shape index (κ1) is 66.0. The molecule has 402 valence electrons. The zero-order valence-electron chi connectivity index (χ0n) is 45.8. The van der Waals surface area contributed by atoms with Crippen molar-refractivity contribution in [3.05, 3.63) is 12.2 Å². The summed E-state index contributed by atoms with van der Waals surface area (Å²) in [6.45, 7) is 4.93. The van der Waals surface area contributed by atoms with Crippen LogP contribution in [-0.2, 0) is 33.3 Å². The summed E-state index contributed by atoms with van der Waals surface area (Å²) in [4.78, 5) is 37.4. The second-order valence-corrected chi connectivity index (χ2v) is 21.3. The Bertz CT molecular complexity index is 1120. The number of aliphatic carboxylic acids is 1. The third-order valence-corrected chi connectivity index (χ3v) is 13.3. The number of unbranched alkanes of at least 4 members (excludes halogenated alkanes) is 38. The van der Waals surface area contributed by atoms with Gasteiger partial charge in [0.05, 0.1) is 34.4 Å². The Hall–Kier alpha value is -1.97. The van der Waals surface area contributed by atoms with Gasteiger partial charge in [0.2, 0.25) is 0 Å². The van der Waals surface area contributed by atoms with Gasteiger partial charge in [-0.05, 0) is 38.5 Å². The maximum absolute atomic E-state index is 12.9. The van der Waals surface area contributed by atoms with E-state index < -0.39 is 24.3 Å². The molecule has 0 fully saturated rings. The molecular formula is C59H114NO8+. The predicted molar refractivity (Wildman–Crippen MR) is 286 cm³/mol. The Morgan fingerprint density at radius 3 is 1.09 bits per heavy atom. The van der Waals surface area contributed by atoms with Crippen LogP contribution in [0.4, 0.5) is 0 Å². The molecule has 9 heteroatoms. The summed E-state index contributed by atoms with van der Waals surface area (Å²) in [5.74, 6) is -1.99. The van der Waals surface area contributed by atoms with Gasteiger partial charge in [-0.3, -0.25) is 9.59 Å². The molecule has 0 aliphatic carbocycles. The first-order chi connectivity index (χ1) is 33.1. The van der Waals surface area contributed by atoms with E-state index in [0.717, 1.165) is 51.4 Å². The van der Waals surface area contributed by atoms with E-state index in [1.165, 1.54) is 212 Å². The number of quaternary nitrogens is 1. The van der Waals surface area contributed by atoms with Crippen LogP contribution in [0.25, 0.3) is 0 Å². The zero-order chi connectivity index (χ0) is 49.9. The SMILES string of the molecule is CCCCCCCCC/C=C\CCCCCCCCCC(=O)OC(COC(=O)CCCCCCCCCCCCCCCCCCCCCCCCCCC)COC(OCC[N+](C)(C)C)C(=O)O. The molecule has 0 aliphatic heterocycles. The predicted octanol–water partition coefficient (Wildman–Crippen LogP) is 17.0. The number of carboxylic acid groups (broad SMARTS) is 1. The average Bonchev–Trinajstić information content (AvgIpc) is 3.30. The highest BCUT2D eigenvalue weighted by Gasteiger charge is 2.25. The Labute approximate surface area is 421 Å². The lowest BCUT2D eigenvalue weighted by molar-refractivity contribution is -0.870. The van der Waals surface area contributed by atoms with Crippen molar-refractivity contribution >= 4 is 17.9 Å². The standard InChI is InChI=1S/C59H113NO8/c1-6-8-10-12-14-16-18-20-22-24-26-27-28-29-30-31-32-34-35-37-39-41-43-45-47-49-56(61)66-53-55(54-67-59(58(63)64)65-52-51-60(3,4)5)68-57(62)50-48-46-44-42-40-38-36-33-25-23-21-19-17-15-13-11-9-7-2/h23,25,55,59H,6-22,24,26-54H2,1-5H3/p+1/b25-23-. The number of nitrogens with zero attached hydrogens (tertiary/aromatic N) is 1. The maximum atomic E-state index is 12.9. The molecule has 1 N–H and O–H groups in total. The topological polar surface area (TPSA) is 108 Å². The van der Waals surface area contributed by atoms with Crippen LogP contribution in [0, 0.1) is 0 Å². The zero-order valence-corrected chi connectivity index (χ0v) is 45.8. The first-order valence-corrected chi connectivity index (χ1v) is 29.4. The second-order valence-electron chi connectivity index (χ2n) is 21.3. The Kier molecular flexibility index (Phi) is 49.9. The molecule has 0 aromatic carbocycles. The number of esters is 2.